The first-order chi connectivity index (χ1) is 15.2. The van der Waals surface area contributed by atoms with E-state index in [4.69, 9.17) is 11.6 Å². The molecule has 1 aliphatic rings. The van der Waals surface area contributed by atoms with Crippen LogP contribution in [0.3, 0.4) is 0 Å². The second-order valence-corrected chi connectivity index (χ2v) is 9.51. The van der Waals surface area contributed by atoms with E-state index in [0.29, 0.717) is 12.6 Å². The summed E-state index contributed by atoms with van der Waals surface area (Å²) in [6.07, 6.45) is 9.03. The molecule has 0 saturated heterocycles. The molecule has 5 nitrogen and oxygen atoms in total. The lowest BCUT2D eigenvalue weighted by molar-refractivity contribution is 0.466. The third-order valence-electron chi connectivity index (χ3n) is 5.87. The molecule has 1 unspecified atom stereocenters. The molecule has 0 spiro atoms. The molecule has 3 heterocycles. The number of halogens is 1. The van der Waals surface area contributed by atoms with Crippen LogP contribution in [0.1, 0.15) is 28.0 Å². The number of nitrogens with one attached hydrogen (secondary N) is 1. The van der Waals surface area contributed by atoms with Gasteiger partial charge in [-0.25, -0.2) is 4.98 Å². The van der Waals surface area contributed by atoms with E-state index in [9.17, 15) is 4.79 Å². The molecular weight excluding hydrogens is 428 g/mol. The number of thiophene rings is 1. The fourth-order valence-corrected chi connectivity index (χ4v) is 5.76. The maximum absolute atomic E-state index is 13.2. The van der Waals surface area contributed by atoms with E-state index in [1.807, 2.05) is 30.3 Å². The molecule has 1 atom stereocenters. The summed E-state index contributed by atoms with van der Waals surface area (Å²) in [6, 6.07) is 12.3. The molecule has 158 valence electrons. The maximum Gasteiger partial charge on any atom is 0.262 e. The van der Waals surface area contributed by atoms with Crippen molar-refractivity contribution >= 4 is 33.2 Å². The fraction of sp³-hybridized carbons (Fsp3) is 0.292. The molecule has 1 aromatic carbocycles. The van der Waals surface area contributed by atoms with Crippen LogP contribution in [0.4, 0.5) is 0 Å². The third-order valence-corrected chi connectivity index (χ3v) is 7.27. The van der Waals surface area contributed by atoms with Crippen molar-refractivity contribution in [1.29, 1.82) is 0 Å². The predicted molar refractivity (Wildman–Crippen MR) is 126 cm³/mol. The lowest BCUT2D eigenvalue weighted by atomic mass is 9.93. The first-order valence-electron chi connectivity index (χ1n) is 10.5. The number of hydrogen-bond donors (Lipinski definition) is 1. The van der Waals surface area contributed by atoms with Gasteiger partial charge in [0.1, 0.15) is 4.83 Å². The molecule has 0 bridgehead atoms. The topological polar surface area (TPSA) is 59.8 Å². The first-order valence-corrected chi connectivity index (χ1v) is 11.7. The van der Waals surface area contributed by atoms with Gasteiger partial charge in [-0.2, -0.15) is 0 Å². The third kappa shape index (κ3) is 4.42. The Labute approximate surface area is 189 Å². The maximum atomic E-state index is 13.2. The van der Waals surface area contributed by atoms with Gasteiger partial charge in [0.15, 0.2) is 0 Å². The minimum Gasteiger partial charge on any atom is -0.313 e. The Hall–Kier alpha value is -2.54. The number of aromatic nitrogens is 3. The Morgan fingerprint density at radius 1 is 1.19 bits per heavy atom. The van der Waals surface area contributed by atoms with Gasteiger partial charge in [-0.15, -0.1) is 11.3 Å². The summed E-state index contributed by atoms with van der Waals surface area (Å²) < 4.78 is 1.71. The normalized spacial score (nSPS) is 15.8. The number of benzene rings is 1. The average molecular weight is 451 g/mol. The summed E-state index contributed by atoms with van der Waals surface area (Å²) in [5.74, 6) is 0. The predicted octanol–water partition coefficient (Wildman–Crippen LogP) is 4.24. The van der Waals surface area contributed by atoms with Gasteiger partial charge in [-0.05, 0) is 73.2 Å². The number of nitrogens with zero attached hydrogens (tertiary/aromatic N) is 3. The van der Waals surface area contributed by atoms with Crippen molar-refractivity contribution in [3.63, 3.8) is 0 Å². The minimum absolute atomic E-state index is 0.0617. The van der Waals surface area contributed by atoms with Gasteiger partial charge in [-0.1, -0.05) is 23.7 Å². The standard InChI is InChI=1S/C24H23ClN4OS/c25-18-3-1-2-16(12-18)8-11-27-19-4-5-20-21(13-19)31-23-22(20)24(30)29(15-28-23)14-17-6-9-26-10-7-17/h1-3,6-7,9-10,12,15,19,27H,4-5,8,11,13-14H2. The van der Waals surface area contributed by atoms with Crippen molar-refractivity contribution < 1.29 is 0 Å². The zero-order chi connectivity index (χ0) is 21.2. The van der Waals surface area contributed by atoms with E-state index in [0.717, 1.165) is 53.0 Å². The molecule has 0 saturated carbocycles. The Kier molecular flexibility index (Phi) is 5.85. The highest BCUT2D eigenvalue weighted by Gasteiger charge is 2.25. The second kappa shape index (κ2) is 8.91. The summed E-state index contributed by atoms with van der Waals surface area (Å²) in [5.41, 5.74) is 3.56. The lowest BCUT2D eigenvalue weighted by Crippen LogP contribution is -2.35. The summed E-state index contributed by atoms with van der Waals surface area (Å²) in [5, 5.41) is 5.29. The SMILES string of the molecule is O=c1c2c3c(sc2ncn1Cc1ccncc1)CC(NCCc1cccc(Cl)c1)CC3. The average Bonchev–Trinajstić information content (AvgIpc) is 3.15. The highest BCUT2D eigenvalue weighted by Crippen LogP contribution is 2.33. The van der Waals surface area contributed by atoms with Gasteiger partial charge in [-0.3, -0.25) is 14.3 Å². The van der Waals surface area contributed by atoms with Crippen molar-refractivity contribution in [2.24, 2.45) is 0 Å². The molecule has 0 radical (unpaired) electrons. The number of rotatable bonds is 6. The molecule has 3 aromatic heterocycles. The molecule has 31 heavy (non-hydrogen) atoms. The first kappa shape index (κ1) is 20.4. The number of pyridine rings is 1. The number of aryl methyl sites for hydroxylation is 1. The largest absolute Gasteiger partial charge is 0.313 e. The van der Waals surface area contributed by atoms with Gasteiger partial charge in [0.25, 0.3) is 5.56 Å². The minimum atomic E-state index is 0.0617. The van der Waals surface area contributed by atoms with Crippen LogP contribution in [0.2, 0.25) is 5.02 Å². The number of fused-ring (bicyclic) bond motifs is 3. The Bertz CT molecular complexity index is 1270. The zero-order valence-corrected chi connectivity index (χ0v) is 18.6. The fourth-order valence-electron chi connectivity index (χ4n) is 4.29. The van der Waals surface area contributed by atoms with Crippen molar-refractivity contribution in [1.82, 2.24) is 19.9 Å². The molecule has 0 aliphatic heterocycles. The highest BCUT2D eigenvalue weighted by atomic mass is 35.5. The summed E-state index contributed by atoms with van der Waals surface area (Å²) in [4.78, 5) is 24.0. The molecular formula is C24H23ClN4OS. The van der Waals surface area contributed by atoms with Crippen LogP contribution < -0.4 is 10.9 Å². The molecule has 1 N–H and O–H groups in total. The molecule has 7 heteroatoms. The molecule has 1 aliphatic carbocycles. The van der Waals surface area contributed by atoms with E-state index in [-0.39, 0.29) is 5.56 Å². The van der Waals surface area contributed by atoms with Crippen LogP contribution in [0, 0.1) is 0 Å². The quantitative estimate of drug-likeness (QED) is 0.477. The Morgan fingerprint density at radius 2 is 2.06 bits per heavy atom. The van der Waals surface area contributed by atoms with E-state index in [1.165, 1.54) is 16.0 Å². The summed E-state index contributed by atoms with van der Waals surface area (Å²) in [6.45, 7) is 1.44. The lowest BCUT2D eigenvalue weighted by Gasteiger charge is -2.23. The Balaban J connectivity index is 1.30. The molecule has 4 aromatic rings. The van der Waals surface area contributed by atoms with Crippen molar-refractivity contribution in [3.05, 3.63) is 92.1 Å². The van der Waals surface area contributed by atoms with Gasteiger partial charge < -0.3 is 5.32 Å². The van der Waals surface area contributed by atoms with Crippen LogP contribution in [-0.4, -0.2) is 27.1 Å². The highest BCUT2D eigenvalue weighted by molar-refractivity contribution is 7.18. The molecule has 5 rings (SSSR count). The van der Waals surface area contributed by atoms with Gasteiger partial charge in [0.05, 0.1) is 18.3 Å². The van der Waals surface area contributed by atoms with Crippen LogP contribution in [0.15, 0.2) is 59.9 Å². The zero-order valence-electron chi connectivity index (χ0n) is 17.1. The van der Waals surface area contributed by atoms with Gasteiger partial charge >= 0.3 is 0 Å². The Morgan fingerprint density at radius 3 is 2.90 bits per heavy atom. The second-order valence-electron chi connectivity index (χ2n) is 7.99. The van der Waals surface area contributed by atoms with Crippen LogP contribution in [0.25, 0.3) is 10.2 Å². The monoisotopic (exact) mass is 450 g/mol. The summed E-state index contributed by atoms with van der Waals surface area (Å²) >= 11 is 7.75. The van der Waals surface area contributed by atoms with Crippen LogP contribution >= 0.6 is 22.9 Å². The van der Waals surface area contributed by atoms with Crippen LogP contribution in [-0.2, 0) is 25.8 Å². The van der Waals surface area contributed by atoms with Gasteiger partial charge in [0, 0.05) is 28.3 Å². The number of hydrogen-bond acceptors (Lipinski definition) is 5. The van der Waals surface area contributed by atoms with Crippen LogP contribution in [0.5, 0.6) is 0 Å². The van der Waals surface area contributed by atoms with Gasteiger partial charge in [0.2, 0.25) is 0 Å². The smallest absolute Gasteiger partial charge is 0.262 e. The van der Waals surface area contributed by atoms with E-state index < -0.39 is 0 Å². The van der Waals surface area contributed by atoms with Crippen molar-refractivity contribution in [3.8, 4) is 0 Å². The van der Waals surface area contributed by atoms with Crippen molar-refractivity contribution in [2.45, 2.75) is 38.3 Å². The molecule has 0 fully saturated rings. The van der Waals surface area contributed by atoms with Crippen molar-refractivity contribution in [2.75, 3.05) is 6.54 Å². The summed E-state index contributed by atoms with van der Waals surface area (Å²) in [7, 11) is 0. The van der Waals surface area contributed by atoms with E-state index >= 15 is 0 Å². The molecule has 0 amide bonds. The van der Waals surface area contributed by atoms with E-state index in [2.05, 4.69) is 21.4 Å². The van der Waals surface area contributed by atoms with E-state index in [1.54, 1.807) is 34.6 Å².